The number of hydrogen-bond acceptors (Lipinski definition) is 5. The number of hydrogen-bond donors (Lipinski definition) is 3. The summed E-state index contributed by atoms with van der Waals surface area (Å²) in [5, 5.41) is 15.7. The third-order valence-electron chi connectivity index (χ3n) is 4.84. The van der Waals surface area contributed by atoms with Crippen molar-refractivity contribution < 1.29 is 18.0 Å². The average molecular weight is 405 g/mol. The molecule has 1 amide bonds. The molecule has 3 aromatic heterocycles. The van der Waals surface area contributed by atoms with Crippen LogP contribution in [-0.2, 0) is 6.18 Å². The molecule has 1 aliphatic rings. The number of piperidine rings is 1. The van der Waals surface area contributed by atoms with E-state index in [1.165, 1.54) is 4.90 Å². The molecule has 152 valence electrons. The van der Waals surface area contributed by atoms with E-state index in [0.717, 1.165) is 11.8 Å². The van der Waals surface area contributed by atoms with Crippen LogP contribution in [0.2, 0.25) is 0 Å². The van der Waals surface area contributed by atoms with Crippen LogP contribution >= 0.6 is 0 Å². The van der Waals surface area contributed by atoms with E-state index in [4.69, 9.17) is 0 Å². The maximum atomic E-state index is 12.7. The first kappa shape index (κ1) is 19.0. The first-order valence-corrected chi connectivity index (χ1v) is 9.05. The van der Waals surface area contributed by atoms with E-state index in [1.54, 1.807) is 6.20 Å². The zero-order chi connectivity index (χ0) is 20.4. The first-order chi connectivity index (χ1) is 13.9. The van der Waals surface area contributed by atoms with E-state index >= 15 is 0 Å². The number of rotatable bonds is 4. The van der Waals surface area contributed by atoms with E-state index in [-0.39, 0.29) is 11.6 Å². The summed E-state index contributed by atoms with van der Waals surface area (Å²) in [5.41, 5.74) is -0.310. The number of H-pyrrole nitrogens is 2. The van der Waals surface area contributed by atoms with Crippen LogP contribution in [0.25, 0.3) is 0 Å². The number of nitrogens with one attached hydrogen (secondary N) is 3. The van der Waals surface area contributed by atoms with Gasteiger partial charge in [0.2, 0.25) is 0 Å². The predicted molar refractivity (Wildman–Crippen MR) is 97.6 cm³/mol. The van der Waals surface area contributed by atoms with E-state index in [9.17, 15) is 18.0 Å². The molecule has 0 atom stereocenters. The Morgan fingerprint density at radius 1 is 1.10 bits per heavy atom. The Morgan fingerprint density at radius 3 is 2.55 bits per heavy atom. The molecule has 4 rings (SSSR count). The molecular formula is C18H18F3N7O. The molecule has 11 heteroatoms. The van der Waals surface area contributed by atoms with Crippen LogP contribution in [0.15, 0.2) is 36.5 Å². The first-order valence-electron chi connectivity index (χ1n) is 9.05. The molecule has 0 aromatic carbocycles. The fraction of sp³-hybridized carbons (Fsp3) is 0.333. The van der Waals surface area contributed by atoms with Crippen molar-refractivity contribution in [3.8, 4) is 0 Å². The Hall–Kier alpha value is -3.37. The Morgan fingerprint density at radius 2 is 1.90 bits per heavy atom. The number of carbonyl (C=O) groups excluding carboxylic acids is 1. The van der Waals surface area contributed by atoms with Crippen molar-refractivity contribution >= 4 is 17.5 Å². The van der Waals surface area contributed by atoms with E-state index in [1.807, 2.05) is 29.4 Å². The monoisotopic (exact) mass is 405 g/mol. The number of anilines is 2. The summed E-state index contributed by atoms with van der Waals surface area (Å²) in [7, 11) is 0. The topological polar surface area (TPSA) is 103 Å². The number of carbonyl (C=O) groups is 1. The molecule has 0 unspecified atom stereocenters. The zero-order valence-electron chi connectivity index (χ0n) is 15.2. The molecule has 0 spiro atoms. The molecule has 0 aliphatic carbocycles. The number of aromatic amines is 2. The average Bonchev–Trinajstić information content (AvgIpc) is 3.38. The van der Waals surface area contributed by atoms with Gasteiger partial charge in [0.1, 0.15) is 11.5 Å². The SMILES string of the molecule is O=C(c1cc(C(F)(F)F)[nH]n1)N1CCC(c2cc(Nc3ccccn3)n[nH]2)CC1. The van der Waals surface area contributed by atoms with Gasteiger partial charge in [-0.05, 0) is 25.0 Å². The van der Waals surface area contributed by atoms with Crippen molar-refractivity contribution in [2.75, 3.05) is 18.4 Å². The minimum Gasteiger partial charge on any atom is -0.337 e. The smallest absolute Gasteiger partial charge is 0.337 e. The summed E-state index contributed by atoms with van der Waals surface area (Å²) < 4.78 is 38.0. The lowest BCUT2D eigenvalue weighted by Crippen LogP contribution is -2.38. The van der Waals surface area contributed by atoms with Crippen molar-refractivity contribution in [2.45, 2.75) is 24.9 Å². The lowest BCUT2D eigenvalue weighted by Gasteiger charge is -2.30. The molecule has 0 radical (unpaired) electrons. The van der Waals surface area contributed by atoms with Crippen molar-refractivity contribution in [2.24, 2.45) is 0 Å². The molecule has 8 nitrogen and oxygen atoms in total. The number of alkyl halides is 3. The van der Waals surface area contributed by atoms with Gasteiger partial charge in [0.25, 0.3) is 5.91 Å². The Kier molecular flexibility index (Phi) is 4.95. The molecule has 1 fully saturated rings. The highest BCUT2D eigenvalue weighted by atomic mass is 19.4. The normalized spacial score (nSPS) is 15.5. The van der Waals surface area contributed by atoms with Crippen LogP contribution in [0.1, 0.15) is 40.6 Å². The summed E-state index contributed by atoms with van der Waals surface area (Å²) in [6, 6.07) is 8.17. The number of amides is 1. The Balaban J connectivity index is 1.35. The number of nitrogens with zero attached hydrogens (tertiary/aromatic N) is 4. The van der Waals surface area contributed by atoms with Crippen LogP contribution in [0, 0.1) is 0 Å². The van der Waals surface area contributed by atoms with Crippen LogP contribution in [0.4, 0.5) is 24.8 Å². The van der Waals surface area contributed by atoms with Gasteiger partial charge in [0.05, 0.1) is 0 Å². The van der Waals surface area contributed by atoms with Crippen molar-refractivity contribution in [1.82, 2.24) is 30.3 Å². The van der Waals surface area contributed by atoms with Gasteiger partial charge in [-0.25, -0.2) is 4.98 Å². The lowest BCUT2D eigenvalue weighted by molar-refractivity contribution is -0.141. The summed E-state index contributed by atoms with van der Waals surface area (Å²) >= 11 is 0. The fourth-order valence-corrected chi connectivity index (χ4v) is 3.31. The number of aromatic nitrogens is 5. The predicted octanol–water partition coefficient (Wildman–Crippen LogP) is 3.31. The second-order valence-corrected chi connectivity index (χ2v) is 6.78. The summed E-state index contributed by atoms with van der Waals surface area (Å²) in [6.07, 6.45) is -1.53. The molecule has 0 bridgehead atoms. The van der Waals surface area contributed by atoms with E-state index < -0.39 is 17.8 Å². The third-order valence-corrected chi connectivity index (χ3v) is 4.84. The van der Waals surface area contributed by atoms with Crippen LogP contribution in [-0.4, -0.2) is 49.3 Å². The molecule has 1 aliphatic heterocycles. The summed E-state index contributed by atoms with van der Waals surface area (Å²) in [5.74, 6) is 1.00. The van der Waals surface area contributed by atoms with E-state index in [0.29, 0.717) is 37.6 Å². The van der Waals surface area contributed by atoms with Crippen LogP contribution in [0.5, 0.6) is 0 Å². The highest BCUT2D eigenvalue weighted by molar-refractivity contribution is 5.92. The molecule has 3 N–H and O–H groups in total. The van der Waals surface area contributed by atoms with Gasteiger partial charge in [0, 0.05) is 43.0 Å². The van der Waals surface area contributed by atoms with Gasteiger partial charge in [-0.1, -0.05) is 6.07 Å². The number of halogens is 3. The molecular weight excluding hydrogens is 387 g/mol. The third kappa shape index (κ3) is 4.23. The molecule has 29 heavy (non-hydrogen) atoms. The largest absolute Gasteiger partial charge is 0.432 e. The van der Waals surface area contributed by atoms with Gasteiger partial charge in [0.15, 0.2) is 11.5 Å². The van der Waals surface area contributed by atoms with Gasteiger partial charge >= 0.3 is 6.18 Å². The Bertz CT molecular complexity index is 975. The highest BCUT2D eigenvalue weighted by Gasteiger charge is 2.35. The quantitative estimate of drug-likeness (QED) is 0.618. The zero-order valence-corrected chi connectivity index (χ0v) is 15.2. The van der Waals surface area contributed by atoms with Crippen molar-refractivity contribution in [1.29, 1.82) is 0 Å². The second-order valence-electron chi connectivity index (χ2n) is 6.78. The molecule has 0 saturated carbocycles. The minimum absolute atomic E-state index is 0.177. The minimum atomic E-state index is -4.56. The summed E-state index contributed by atoms with van der Waals surface area (Å²) in [6.45, 7) is 0.861. The number of pyridine rings is 1. The van der Waals surface area contributed by atoms with Gasteiger partial charge < -0.3 is 10.2 Å². The van der Waals surface area contributed by atoms with Crippen molar-refractivity contribution in [3.05, 3.63) is 53.6 Å². The molecule has 1 saturated heterocycles. The van der Waals surface area contributed by atoms with Gasteiger partial charge in [-0.3, -0.25) is 15.0 Å². The lowest BCUT2D eigenvalue weighted by atomic mass is 9.93. The van der Waals surface area contributed by atoms with E-state index in [2.05, 4.69) is 25.6 Å². The maximum Gasteiger partial charge on any atom is 0.432 e. The number of likely N-dealkylation sites (tertiary alicyclic amines) is 1. The van der Waals surface area contributed by atoms with Crippen LogP contribution in [0.3, 0.4) is 0 Å². The van der Waals surface area contributed by atoms with Gasteiger partial charge in [-0.15, -0.1) is 0 Å². The Labute approximate surface area is 163 Å². The van der Waals surface area contributed by atoms with Crippen LogP contribution < -0.4 is 5.32 Å². The fourth-order valence-electron chi connectivity index (χ4n) is 3.31. The molecule has 4 heterocycles. The highest BCUT2D eigenvalue weighted by Crippen LogP contribution is 2.30. The second kappa shape index (κ2) is 7.57. The summed E-state index contributed by atoms with van der Waals surface area (Å²) in [4.78, 5) is 18.1. The van der Waals surface area contributed by atoms with Gasteiger partial charge in [-0.2, -0.15) is 23.4 Å². The van der Waals surface area contributed by atoms with Crippen molar-refractivity contribution in [3.63, 3.8) is 0 Å². The maximum absolute atomic E-state index is 12.7. The standard InChI is InChI=1S/C18H18F3N7O/c19-18(20,21)14-9-13(25-26-14)17(29)28-7-4-11(5-8-28)12-10-16(27-24-12)23-15-3-1-2-6-22-15/h1-3,6,9-11H,4-5,7-8H2,(H,25,26)(H2,22,23,24,27). The molecule has 3 aromatic rings.